The van der Waals surface area contributed by atoms with Crippen LogP contribution in [0.1, 0.15) is 40.5 Å². The van der Waals surface area contributed by atoms with Gasteiger partial charge in [0.1, 0.15) is 6.04 Å². The van der Waals surface area contributed by atoms with Gasteiger partial charge in [0, 0.05) is 19.1 Å². The first kappa shape index (κ1) is 16.4. The molecule has 1 aliphatic rings. The van der Waals surface area contributed by atoms with E-state index in [4.69, 9.17) is 4.74 Å². The molecule has 0 bridgehead atoms. The van der Waals surface area contributed by atoms with Crippen molar-refractivity contribution in [1.29, 1.82) is 0 Å². The predicted molar refractivity (Wildman–Crippen MR) is 78.1 cm³/mol. The highest BCUT2D eigenvalue weighted by molar-refractivity contribution is 5.75. The minimum absolute atomic E-state index is 0.146. The molecular weight excluding hydrogens is 240 g/mol. The molecular formula is C15H30N2O2. The van der Waals surface area contributed by atoms with E-state index in [1.54, 1.807) is 0 Å². The van der Waals surface area contributed by atoms with Crippen LogP contribution in [0.3, 0.4) is 0 Å². The van der Waals surface area contributed by atoms with Gasteiger partial charge in [0.05, 0.1) is 7.11 Å². The van der Waals surface area contributed by atoms with E-state index in [1.807, 2.05) is 0 Å². The Labute approximate surface area is 117 Å². The summed E-state index contributed by atoms with van der Waals surface area (Å²) in [4.78, 5) is 14.2. The maximum absolute atomic E-state index is 11.7. The minimum Gasteiger partial charge on any atom is -0.468 e. The molecule has 0 aromatic rings. The zero-order valence-electron chi connectivity index (χ0n) is 13.1. The molecule has 0 aromatic carbocycles. The van der Waals surface area contributed by atoms with E-state index >= 15 is 0 Å². The Morgan fingerprint density at radius 1 is 1.37 bits per heavy atom. The highest BCUT2D eigenvalue weighted by Crippen LogP contribution is 2.22. The largest absolute Gasteiger partial charge is 0.468 e. The Bertz CT molecular complexity index is 281. The van der Waals surface area contributed by atoms with Gasteiger partial charge in [-0.05, 0) is 31.2 Å². The van der Waals surface area contributed by atoms with Crippen molar-refractivity contribution >= 4 is 5.97 Å². The second-order valence-electron chi connectivity index (χ2n) is 6.23. The van der Waals surface area contributed by atoms with E-state index in [-0.39, 0.29) is 12.0 Å². The fourth-order valence-electron chi connectivity index (χ4n) is 2.68. The van der Waals surface area contributed by atoms with Gasteiger partial charge in [0.25, 0.3) is 0 Å². The summed E-state index contributed by atoms with van der Waals surface area (Å²) in [5.41, 5.74) is 0. The third kappa shape index (κ3) is 5.49. The van der Waals surface area contributed by atoms with Crippen molar-refractivity contribution in [2.24, 2.45) is 11.8 Å². The van der Waals surface area contributed by atoms with Gasteiger partial charge in [-0.3, -0.25) is 4.79 Å². The molecule has 0 aromatic heterocycles. The van der Waals surface area contributed by atoms with Crippen LogP contribution in [0.25, 0.3) is 0 Å². The Morgan fingerprint density at radius 2 is 2.05 bits per heavy atom. The van der Waals surface area contributed by atoms with Gasteiger partial charge in [-0.25, -0.2) is 0 Å². The van der Waals surface area contributed by atoms with Gasteiger partial charge in [0.2, 0.25) is 0 Å². The Morgan fingerprint density at radius 3 is 2.58 bits per heavy atom. The second kappa shape index (κ2) is 7.85. The lowest BCUT2D eigenvalue weighted by atomic mass is 9.88. The van der Waals surface area contributed by atoms with Crippen LogP contribution >= 0.6 is 0 Å². The number of carbonyl (C=O) groups excluding carboxylic acids is 1. The van der Waals surface area contributed by atoms with Crippen LogP contribution in [0.2, 0.25) is 0 Å². The summed E-state index contributed by atoms with van der Waals surface area (Å²) in [6, 6.07) is 0.115. The lowest BCUT2D eigenvalue weighted by Crippen LogP contribution is -2.45. The van der Waals surface area contributed by atoms with Crippen molar-refractivity contribution in [3.05, 3.63) is 0 Å². The molecule has 0 aliphatic carbocycles. The lowest BCUT2D eigenvalue weighted by molar-refractivity contribution is -0.143. The minimum atomic E-state index is -0.181. The first-order valence-electron chi connectivity index (χ1n) is 7.50. The molecule has 0 radical (unpaired) electrons. The number of piperidine rings is 1. The number of esters is 1. The zero-order chi connectivity index (χ0) is 14.4. The monoisotopic (exact) mass is 270 g/mol. The van der Waals surface area contributed by atoms with E-state index in [0.29, 0.717) is 6.04 Å². The predicted octanol–water partition coefficient (Wildman–Crippen LogP) is 1.89. The quantitative estimate of drug-likeness (QED) is 0.749. The van der Waals surface area contributed by atoms with Crippen LogP contribution in [0.4, 0.5) is 0 Å². The number of carbonyl (C=O) groups is 1. The Hall–Kier alpha value is -0.610. The maximum Gasteiger partial charge on any atom is 0.322 e. The first-order chi connectivity index (χ1) is 8.93. The van der Waals surface area contributed by atoms with Crippen molar-refractivity contribution in [2.45, 2.75) is 52.6 Å². The van der Waals surface area contributed by atoms with Crippen LogP contribution in [-0.2, 0) is 9.53 Å². The van der Waals surface area contributed by atoms with Crippen molar-refractivity contribution in [2.75, 3.05) is 26.7 Å². The van der Waals surface area contributed by atoms with Gasteiger partial charge in [-0.2, -0.15) is 0 Å². The molecule has 3 unspecified atom stereocenters. The fourth-order valence-corrected chi connectivity index (χ4v) is 2.68. The molecule has 1 aliphatic heterocycles. The number of likely N-dealkylation sites (tertiary alicyclic amines) is 1. The van der Waals surface area contributed by atoms with Gasteiger partial charge >= 0.3 is 5.97 Å². The van der Waals surface area contributed by atoms with Gasteiger partial charge in [-0.15, -0.1) is 0 Å². The summed E-state index contributed by atoms with van der Waals surface area (Å²) in [6.45, 7) is 12.0. The van der Waals surface area contributed by atoms with Gasteiger partial charge in [0.15, 0.2) is 0 Å². The number of ether oxygens (including phenoxy) is 1. The number of rotatable bonds is 6. The molecule has 1 rings (SSSR count). The average molecular weight is 270 g/mol. The third-order valence-corrected chi connectivity index (χ3v) is 4.17. The number of nitrogens with zero attached hydrogens (tertiary/aromatic N) is 1. The number of methoxy groups -OCH3 is 1. The molecule has 112 valence electrons. The SMILES string of the molecule is COC(=O)C(CCN1CCC(C)C(C)C1)NC(C)C. The van der Waals surface area contributed by atoms with E-state index in [0.717, 1.165) is 37.9 Å². The molecule has 19 heavy (non-hydrogen) atoms. The molecule has 0 amide bonds. The summed E-state index contributed by atoms with van der Waals surface area (Å²) in [6.07, 6.45) is 2.09. The number of nitrogens with one attached hydrogen (secondary N) is 1. The summed E-state index contributed by atoms with van der Waals surface area (Å²) in [5, 5.41) is 3.29. The van der Waals surface area contributed by atoms with Crippen LogP contribution < -0.4 is 5.32 Å². The van der Waals surface area contributed by atoms with E-state index in [1.165, 1.54) is 13.5 Å². The molecule has 4 nitrogen and oxygen atoms in total. The van der Waals surface area contributed by atoms with Crippen LogP contribution in [0.5, 0.6) is 0 Å². The lowest BCUT2D eigenvalue weighted by Gasteiger charge is -2.35. The smallest absolute Gasteiger partial charge is 0.322 e. The third-order valence-electron chi connectivity index (χ3n) is 4.17. The van der Waals surface area contributed by atoms with Crippen LogP contribution in [0, 0.1) is 11.8 Å². The average Bonchev–Trinajstić information content (AvgIpc) is 2.37. The summed E-state index contributed by atoms with van der Waals surface area (Å²) < 4.78 is 4.87. The molecule has 0 spiro atoms. The highest BCUT2D eigenvalue weighted by atomic mass is 16.5. The number of hydrogen-bond acceptors (Lipinski definition) is 4. The molecule has 1 fully saturated rings. The van der Waals surface area contributed by atoms with Crippen molar-refractivity contribution in [3.63, 3.8) is 0 Å². The maximum atomic E-state index is 11.7. The van der Waals surface area contributed by atoms with Gasteiger partial charge < -0.3 is 15.0 Å². The standard InChI is InChI=1S/C15H30N2O2/c1-11(2)16-14(15(18)19-5)7-9-17-8-6-12(3)13(4)10-17/h11-14,16H,6-10H2,1-5H3. The van der Waals surface area contributed by atoms with Crippen LogP contribution in [0.15, 0.2) is 0 Å². The molecule has 0 saturated carbocycles. The van der Waals surface area contributed by atoms with Crippen LogP contribution in [-0.4, -0.2) is 49.7 Å². The number of hydrogen-bond donors (Lipinski definition) is 1. The molecule has 4 heteroatoms. The Kier molecular flexibility index (Phi) is 6.80. The van der Waals surface area contributed by atoms with Crippen molar-refractivity contribution in [1.82, 2.24) is 10.2 Å². The zero-order valence-corrected chi connectivity index (χ0v) is 13.1. The topological polar surface area (TPSA) is 41.6 Å². The normalized spacial score (nSPS) is 26.4. The van der Waals surface area contributed by atoms with E-state index < -0.39 is 0 Å². The molecule has 1 N–H and O–H groups in total. The summed E-state index contributed by atoms with van der Waals surface area (Å²) in [5.74, 6) is 1.43. The van der Waals surface area contributed by atoms with E-state index in [2.05, 4.69) is 37.9 Å². The molecule has 1 heterocycles. The molecule has 1 saturated heterocycles. The second-order valence-corrected chi connectivity index (χ2v) is 6.23. The Balaban J connectivity index is 2.41. The van der Waals surface area contributed by atoms with E-state index in [9.17, 15) is 4.79 Å². The van der Waals surface area contributed by atoms with Gasteiger partial charge in [-0.1, -0.05) is 27.7 Å². The van der Waals surface area contributed by atoms with Crippen molar-refractivity contribution in [3.8, 4) is 0 Å². The first-order valence-corrected chi connectivity index (χ1v) is 7.50. The summed E-state index contributed by atoms with van der Waals surface area (Å²) >= 11 is 0. The molecule has 3 atom stereocenters. The summed E-state index contributed by atoms with van der Waals surface area (Å²) in [7, 11) is 1.46. The highest BCUT2D eigenvalue weighted by Gasteiger charge is 2.25. The van der Waals surface area contributed by atoms with Crippen molar-refractivity contribution < 1.29 is 9.53 Å². The fraction of sp³-hybridized carbons (Fsp3) is 0.933.